The van der Waals surface area contributed by atoms with Gasteiger partial charge < -0.3 is 4.74 Å². The van der Waals surface area contributed by atoms with Crippen molar-refractivity contribution in [2.45, 2.75) is 13.8 Å². The van der Waals surface area contributed by atoms with E-state index in [1.54, 1.807) is 13.0 Å². The summed E-state index contributed by atoms with van der Waals surface area (Å²) in [5.41, 5.74) is 2.97. The highest BCUT2D eigenvalue weighted by atomic mass is 32.1. The molecule has 5 aromatic rings. The van der Waals surface area contributed by atoms with Crippen LogP contribution in [0.5, 0.6) is 11.5 Å². The molecule has 0 aliphatic carbocycles. The van der Waals surface area contributed by atoms with Crippen LogP contribution in [0.4, 0.5) is 11.4 Å². The van der Waals surface area contributed by atoms with E-state index in [1.807, 2.05) is 85.8 Å². The number of nitrogens with one attached hydrogen (secondary N) is 1. The molecule has 0 saturated heterocycles. The number of hydrogen-bond acceptors (Lipinski definition) is 6. The lowest BCUT2D eigenvalue weighted by atomic mass is 10.2. The predicted octanol–water partition coefficient (Wildman–Crippen LogP) is 7.11. The molecule has 5 rings (SSSR count). The lowest BCUT2D eigenvalue weighted by Gasteiger charge is -2.07. The maximum atomic E-state index is 13.2. The normalized spacial score (nSPS) is 11.2. The lowest BCUT2D eigenvalue weighted by Crippen LogP contribution is -2.13. The van der Waals surface area contributed by atoms with Gasteiger partial charge in [-0.25, -0.2) is 4.98 Å². The van der Waals surface area contributed by atoms with Crippen LogP contribution in [0.2, 0.25) is 0 Å². The first-order valence-electron chi connectivity index (χ1n) is 10.7. The number of aromatic amines is 1. The van der Waals surface area contributed by atoms with Crippen LogP contribution in [-0.2, 0) is 0 Å². The molecular weight excluding hydrogens is 446 g/mol. The number of aryl methyl sites for hydroxylation is 2. The van der Waals surface area contributed by atoms with Gasteiger partial charge in [0.1, 0.15) is 11.4 Å². The maximum Gasteiger partial charge on any atom is 0.301 e. The Bertz CT molecular complexity index is 1520. The number of para-hydroxylation sites is 2. The molecule has 0 spiro atoms. The quantitative estimate of drug-likeness (QED) is 0.270. The first kappa shape index (κ1) is 21.5. The first-order valence-corrected chi connectivity index (χ1v) is 11.5. The van der Waals surface area contributed by atoms with Crippen molar-refractivity contribution < 1.29 is 4.74 Å². The predicted molar refractivity (Wildman–Crippen MR) is 134 cm³/mol. The van der Waals surface area contributed by atoms with Gasteiger partial charge in [-0.05, 0) is 43.7 Å². The largest absolute Gasteiger partial charge is 0.455 e. The Morgan fingerprint density at radius 1 is 0.882 bits per heavy atom. The van der Waals surface area contributed by atoms with Crippen molar-refractivity contribution in [2.75, 3.05) is 0 Å². The summed E-state index contributed by atoms with van der Waals surface area (Å²) in [6, 6.07) is 26.8. The van der Waals surface area contributed by atoms with Gasteiger partial charge in [-0.3, -0.25) is 9.89 Å². The van der Waals surface area contributed by atoms with Crippen molar-refractivity contribution in [1.82, 2.24) is 14.8 Å². The average molecular weight is 468 g/mol. The molecule has 0 unspecified atom stereocenters. The second kappa shape index (κ2) is 9.29. The summed E-state index contributed by atoms with van der Waals surface area (Å²) in [4.78, 5) is 18.8. The summed E-state index contributed by atoms with van der Waals surface area (Å²) in [7, 11) is 0. The van der Waals surface area contributed by atoms with Gasteiger partial charge in [0.05, 0.1) is 16.3 Å². The molecule has 1 N–H and O–H groups in total. The van der Waals surface area contributed by atoms with Crippen LogP contribution in [0.15, 0.2) is 100.0 Å². The van der Waals surface area contributed by atoms with Crippen LogP contribution in [0.3, 0.4) is 0 Å². The molecule has 7 nitrogen and oxygen atoms in total. The van der Waals surface area contributed by atoms with Crippen molar-refractivity contribution in [2.24, 2.45) is 10.2 Å². The number of aromatic nitrogens is 3. The van der Waals surface area contributed by atoms with Crippen molar-refractivity contribution >= 4 is 22.7 Å². The SMILES string of the molecule is Cc1nc(-n2[nH]c(C)c(N=Nc3ccccc3Oc3ccccc3)c2=O)sc1-c1ccccc1. The molecule has 2 heterocycles. The molecule has 0 atom stereocenters. The van der Waals surface area contributed by atoms with E-state index in [-0.39, 0.29) is 11.2 Å². The van der Waals surface area contributed by atoms with Gasteiger partial charge in [0, 0.05) is 0 Å². The zero-order chi connectivity index (χ0) is 23.5. The number of hydrogen-bond donors (Lipinski definition) is 1. The van der Waals surface area contributed by atoms with Crippen LogP contribution >= 0.6 is 11.3 Å². The Morgan fingerprint density at radius 2 is 1.56 bits per heavy atom. The van der Waals surface area contributed by atoms with E-state index in [9.17, 15) is 4.79 Å². The monoisotopic (exact) mass is 467 g/mol. The molecule has 0 saturated carbocycles. The van der Waals surface area contributed by atoms with E-state index in [1.165, 1.54) is 16.0 Å². The molecule has 0 amide bonds. The van der Waals surface area contributed by atoms with Crippen LogP contribution in [0.25, 0.3) is 15.6 Å². The molecule has 2 aromatic heterocycles. The topological polar surface area (TPSA) is 84.6 Å². The van der Waals surface area contributed by atoms with Crippen LogP contribution in [-0.4, -0.2) is 14.8 Å². The molecule has 0 aliphatic rings. The van der Waals surface area contributed by atoms with Gasteiger partial charge in [0.25, 0.3) is 0 Å². The molecule has 34 heavy (non-hydrogen) atoms. The fourth-order valence-electron chi connectivity index (χ4n) is 3.47. The molecule has 0 aliphatic heterocycles. The second-order valence-electron chi connectivity index (χ2n) is 7.59. The Hall–Kier alpha value is -4.30. The number of benzene rings is 3. The third-order valence-electron chi connectivity index (χ3n) is 5.15. The molecule has 0 fully saturated rings. The zero-order valence-corrected chi connectivity index (χ0v) is 19.4. The summed E-state index contributed by atoms with van der Waals surface area (Å²) < 4.78 is 7.35. The van der Waals surface area contributed by atoms with Gasteiger partial charge in [-0.2, -0.15) is 4.68 Å². The van der Waals surface area contributed by atoms with E-state index < -0.39 is 0 Å². The molecule has 3 aromatic carbocycles. The van der Waals surface area contributed by atoms with E-state index in [0.717, 1.165) is 16.1 Å². The van der Waals surface area contributed by atoms with Crippen LogP contribution in [0.1, 0.15) is 11.4 Å². The second-order valence-corrected chi connectivity index (χ2v) is 8.56. The maximum absolute atomic E-state index is 13.2. The fourth-order valence-corrected chi connectivity index (χ4v) is 4.50. The van der Waals surface area contributed by atoms with Crippen molar-refractivity contribution in [3.63, 3.8) is 0 Å². The Labute approximate surface area is 200 Å². The van der Waals surface area contributed by atoms with E-state index in [2.05, 4.69) is 20.3 Å². The van der Waals surface area contributed by atoms with Crippen LogP contribution < -0.4 is 10.3 Å². The summed E-state index contributed by atoms with van der Waals surface area (Å²) in [5, 5.41) is 12.2. The Kier molecular flexibility index (Phi) is 5.88. The average Bonchev–Trinajstić information content (AvgIpc) is 3.38. The molecule has 168 valence electrons. The highest BCUT2D eigenvalue weighted by Gasteiger charge is 2.17. The molecular formula is C26H21N5O2S. The van der Waals surface area contributed by atoms with Crippen molar-refractivity contribution in [1.29, 1.82) is 0 Å². The smallest absolute Gasteiger partial charge is 0.301 e. The minimum atomic E-state index is -0.309. The number of ether oxygens (including phenoxy) is 1. The van der Waals surface area contributed by atoms with Crippen molar-refractivity contribution in [3.8, 4) is 27.1 Å². The summed E-state index contributed by atoms with van der Waals surface area (Å²) >= 11 is 1.45. The lowest BCUT2D eigenvalue weighted by molar-refractivity contribution is 0.483. The van der Waals surface area contributed by atoms with Crippen LogP contribution in [0, 0.1) is 13.8 Å². The standard InChI is InChI=1S/C26H21N5O2S/c1-17-23(29-28-21-15-9-10-16-22(21)33-20-13-7-4-8-14-20)25(32)31(30-17)26-27-18(2)24(34-26)19-11-5-3-6-12-19/h3-16,30H,1-2H3. The number of azo groups is 1. The van der Waals surface area contributed by atoms with Gasteiger partial charge in [0.2, 0.25) is 5.13 Å². The van der Waals surface area contributed by atoms with Gasteiger partial charge >= 0.3 is 5.56 Å². The Balaban J connectivity index is 1.46. The molecule has 8 heteroatoms. The summed E-state index contributed by atoms with van der Waals surface area (Å²) in [6.07, 6.45) is 0. The number of thiazole rings is 1. The molecule has 0 radical (unpaired) electrons. The Morgan fingerprint density at radius 3 is 2.32 bits per heavy atom. The summed E-state index contributed by atoms with van der Waals surface area (Å²) in [5.74, 6) is 1.24. The minimum absolute atomic E-state index is 0.226. The minimum Gasteiger partial charge on any atom is -0.455 e. The highest BCUT2D eigenvalue weighted by Crippen LogP contribution is 2.33. The summed E-state index contributed by atoms with van der Waals surface area (Å²) in [6.45, 7) is 3.73. The van der Waals surface area contributed by atoms with Gasteiger partial charge in [0.15, 0.2) is 11.4 Å². The third-order valence-corrected chi connectivity index (χ3v) is 6.34. The van der Waals surface area contributed by atoms with E-state index in [4.69, 9.17) is 4.74 Å². The van der Waals surface area contributed by atoms with E-state index in [0.29, 0.717) is 28.0 Å². The van der Waals surface area contributed by atoms with Gasteiger partial charge in [-0.1, -0.05) is 72.0 Å². The first-order chi connectivity index (χ1) is 16.6. The zero-order valence-electron chi connectivity index (χ0n) is 18.6. The van der Waals surface area contributed by atoms with E-state index >= 15 is 0 Å². The highest BCUT2D eigenvalue weighted by molar-refractivity contribution is 7.17. The third kappa shape index (κ3) is 4.31. The number of nitrogens with zero attached hydrogens (tertiary/aromatic N) is 4. The number of H-pyrrole nitrogens is 1. The molecule has 0 bridgehead atoms. The fraction of sp³-hybridized carbons (Fsp3) is 0.0769. The number of rotatable bonds is 6. The van der Waals surface area contributed by atoms with Crippen molar-refractivity contribution in [3.05, 3.63) is 107 Å². The van der Waals surface area contributed by atoms with Gasteiger partial charge in [-0.15, -0.1) is 10.2 Å².